The van der Waals surface area contributed by atoms with Crippen LogP contribution in [0, 0.1) is 6.92 Å². The summed E-state index contributed by atoms with van der Waals surface area (Å²) in [5.74, 6) is 0. The second kappa shape index (κ2) is 6.83. The zero-order valence-electron chi connectivity index (χ0n) is 11.4. The fourth-order valence-electron chi connectivity index (χ4n) is 2.29. The minimum atomic E-state index is 0.326. The van der Waals surface area contributed by atoms with Crippen molar-refractivity contribution < 1.29 is 0 Å². The molecule has 1 atom stereocenters. The molecule has 1 unspecified atom stereocenters. The second-order valence-corrected chi connectivity index (χ2v) is 5.48. The third kappa shape index (κ3) is 3.64. The molecule has 1 aromatic heterocycles. The summed E-state index contributed by atoms with van der Waals surface area (Å²) in [7, 11) is 0. The van der Waals surface area contributed by atoms with Crippen LogP contribution in [0.2, 0.25) is 0 Å². The lowest BCUT2D eigenvalue weighted by molar-refractivity contribution is 0.546. The molecule has 1 N–H and O–H groups in total. The number of nitrogens with zero attached hydrogens (tertiary/aromatic N) is 1. The van der Waals surface area contributed by atoms with Crippen molar-refractivity contribution in [3.8, 4) is 0 Å². The van der Waals surface area contributed by atoms with Crippen LogP contribution in [-0.4, -0.2) is 11.5 Å². The highest BCUT2D eigenvalue weighted by Gasteiger charge is 2.14. The molecule has 0 aliphatic heterocycles. The van der Waals surface area contributed by atoms with Gasteiger partial charge in [0.05, 0.1) is 0 Å². The number of hydrogen-bond acceptors (Lipinski definition) is 2. The number of pyridine rings is 1. The largest absolute Gasteiger partial charge is 0.310 e. The molecule has 100 valence electrons. The highest BCUT2D eigenvalue weighted by Crippen LogP contribution is 2.26. The van der Waals surface area contributed by atoms with Gasteiger partial charge >= 0.3 is 0 Å². The molecule has 1 heterocycles. The third-order valence-electron chi connectivity index (χ3n) is 3.30. The Hall–Kier alpha value is -1.19. The van der Waals surface area contributed by atoms with E-state index in [0.29, 0.717) is 6.04 Å². The number of rotatable bonds is 5. The normalized spacial score (nSPS) is 12.4. The molecule has 1 aromatic carbocycles. The Morgan fingerprint density at radius 1 is 1.26 bits per heavy atom. The van der Waals surface area contributed by atoms with Crippen molar-refractivity contribution in [2.75, 3.05) is 6.54 Å². The molecule has 2 nitrogen and oxygen atoms in total. The average molecular weight is 319 g/mol. The Labute approximate surface area is 123 Å². The van der Waals surface area contributed by atoms with E-state index in [-0.39, 0.29) is 0 Å². The first kappa shape index (κ1) is 14.2. The summed E-state index contributed by atoms with van der Waals surface area (Å²) in [4.78, 5) is 4.19. The van der Waals surface area contributed by atoms with Crippen molar-refractivity contribution in [3.63, 3.8) is 0 Å². The second-order valence-electron chi connectivity index (χ2n) is 4.63. The first-order valence-corrected chi connectivity index (χ1v) is 7.39. The Kier molecular flexibility index (Phi) is 5.11. The molecule has 19 heavy (non-hydrogen) atoms. The molecule has 0 saturated heterocycles. The van der Waals surface area contributed by atoms with Gasteiger partial charge in [0.1, 0.15) is 0 Å². The molecule has 0 saturated carbocycles. The van der Waals surface area contributed by atoms with E-state index in [1.54, 1.807) is 0 Å². The van der Waals surface area contributed by atoms with E-state index < -0.39 is 0 Å². The molecule has 0 bridgehead atoms. The third-order valence-corrected chi connectivity index (χ3v) is 4.16. The predicted molar refractivity (Wildman–Crippen MR) is 83.2 cm³/mol. The number of benzene rings is 1. The zero-order chi connectivity index (χ0) is 13.7. The molecule has 0 radical (unpaired) electrons. The van der Waals surface area contributed by atoms with Gasteiger partial charge in [-0.1, -0.05) is 41.1 Å². The van der Waals surface area contributed by atoms with Crippen LogP contribution >= 0.6 is 15.9 Å². The summed E-state index contributed by atoms with van der Waals surface area (Å²) in [6.07, 6.45) is 4.72. The van der Waals surface area contributed by atoms with E-state index in [1.807, 2.05) is 18.5 Å². The zero-order valence-corrected chi connectivity index (χ0v) is 12.9. The molecule has 0 aliphatic rings. The number of likely N-dealkylation sites (N-methyl/N-ethyl adjacent to an activating group) is 1. The average Bonchev–Trinajstić information content (AvgIpc) is 2.43. The van der Waals surface area contributed by atoms with Gasteiger partial charge in [-0.15, -0.1) is 0 Å². The highest BCUT2D eigenvalue weighted by atomic mass is 79.9. The van der Waals surface area contributed by atoms with Crippen LogP contribution in [0.15, 0.2) is 47.2 Å². The molecule has 0 amide bonds. The first-order chi connectivity index (χ1) is 9.22. The predicted octanol–water partition coefficient (Wildman–Crippen LogP) is 4.05. The SMILES string of the molecule is CCNC(Cc1cccnc1)c1cccc(Br)c1C. The van der Waals surface area contributed by atoms with Gasteiger partial charge in [0.15, 0.2) is 0 Å². The number of halogens is 1. The topological polar surface area (TPSA) is 24.9 Å². The standard InChI is InChI=1S/C16H19BrN2/c1-3-19-16(10-13-6-5-9-18-11-13)14-7-4-8-15(17)12(14)2/h4-9,11,16,19H,3,10H2,1-2H3. The van der Waals surface area contributed by atoms with Gasteiger partial charge in [0.25, 0.3) is 0 Å². The molecule has 2 rings (SSSR count). The molecular formula is C16H19BrN2. The van der Waals surface area contributed by atoms with Gasteiger partial charge in [0, 0.05) is 22.9 Å². The van der Waals surface area contributed by atoms with E-state index >= 15 is 0 Å². The van der Waals surface area contributed by atoms with E-state index in [9.17, 15) is 0 Å². The molecular weight excluding hydrogens is 300 g/mol. The summed E-state index contributed by atoms with van der Waals surface area (Å²) >= 11 is 3.61. The van der Waals surface area contributed by atoms with E-state index in [1.165, 1.54) is 21.2 Å². The number of aromatic nitrogens is 1. The van der Waals surface area contributed by atoms with Crippen LogP contribution in [0.25, 0.3) is 0 Å². The monoisotopic (exact) mass is 318 g/mol. The van der Waals surface area contributed by atoms with Crippen molar-refractivity contribution in [3.05, 3.63) is 63.9 Å². The summed E-state index contributed by atoms with van der Waals surface area (Å²) in [5, 5.41) is 3.57. The number of hydrogen-bond donors (Lipinski definition) is 1. The lowest BCUT2D eigenvalue weighted by atomic mass is 9.96. The van der Waals surface area contributed by atoms with Gasteiger partial charge in [-0.05, 0) is 48.7 Å². The Bertz CT molecular complexity index is 526. The smallest absolute Gasteiger partial charge is 0.0364 e. The minimum absolute atomic E-state index is 0.326. The highest BCUT2D eigenvalue weighted by molar-refractivity contribution is 9.10. The van der Waals surface area contributed by atoms with Gasteiger partial charge in [-0.2, -0.15) is 0 Å². The Morgan fingerprint density at radius 2 is 2.11 bits per heavy atom. The fraction of sp³-hybridized carbons (Fsp3) is 0.312. The van der Waals surface area contributed by atoms with Gasteiger partial charge in [-0.25, -0.2) is 0 Å². The maximum absolute atomic E-state index is 4.19. The van der Waals surface area contributed by atoms with Crippen molar-refractivity contribution in [1.29, 1.82) is 0 Å². The van der Waals surface area contributed by atoms with Crippen LogP contribution in [0.1, 0.15) is 29.7 Å². The maximum atomic E-state index is 4.19. The maximum Gasteiger partial charge on any atom is 0.0364 e. The Balaban J connectivity index is 2.27. The lowest BCUT2D eigenvalue weighted by Crippen LogP contribution is -2.23. The van der Waals surface area contributed by atoms with Gasteiger partial charge in [0.2, 0.25) is 0 Å². The van der Waals surface area contributed by atoms with Crippen LogP contribution in [0.5, 0.6) is 0 Å². The van der Waals surface area contributed by atoms with Gasteiger partial charge < -0.3 is 5.32 Å². The summed E-state index contributed by atoms with van der Waals surface area (Å²) in [6.45, 7) is 5.26. The van der Waals surface area contributed by atoms with Crippen LogP contribution in [0.3, 0.4) is 0 Å². The van der Waals surface area contributed by atoms with E-state index in [4.69, 9.17) is 0 Å². The molecule has 0 spiro atoms. The van der Waals surface area contributed by atoms with Gasteiger partial charge in [-0.3, -0.25) is 4.98 Å². The van der Waals surface area contributed by atoms with Crippen molar-refractivity contribution >= 4 is 15.9 Å². The molecule has 0 aliphatic carbocycles. The van der Waals surface area contributed by atoms with Crippen LogP contribution < -0.4 is 5.32 Å². The van der Waals surface area contributed by atoms with Crippen molar-refractivity contribution in [1.82, 2.24) is 10.3 Å². The lowest BCUT2D eigenvalue weighted by Gasteiger charge is -2.21. The number of nitrogens with one attached hydrogen (secondary N) is 1. The van der Waals surface area contributed by atoms with Crippen LogP contribution in [-0.2, 0) is 6.42 Å². The minimum Gasteiger partial charge on any atom is -0.310 e. The van der Waals surface area contributed by atoms with Crippen molar-refractivity contribution in [2.45, 2.75) is 26.3 Å². The van der Waals surface area contributed by atoms with Crippen molar-refractivity contribution in [2.24, 2.45) is 0 Å². The summed E-state index contributed by atoms with van der Waals surface area (Å²) in [6, 6.07) is 10.8. The Morgan fingerprint density at radius 3 is 2.79 bits per heavy atom. The summed E-state index contributed by atoms with van der Waals surface area (Å²) < 4.78 is 1.17. The first-order valence-electron chi connectivity index (χ1n) is 6.59. The summed E-state index contributed by atoms with van der Waals surface area (Å²) in [5.41, 5.74) is 3.91. The van der Waals surface area contributed by atoms with E-state index in [2.05, 4.69) is 64.3 Å². The van der Waals surface area contributed by atoms with Crippen LogP contribution in [0.4, 0.5) is 0 Å². The molecule has 3 heteroatoms. The molecule has 0 fully saturated rings. The van der Waals surface area contributed by atoms with E-state index in [0.717, 1.165) is 13.0 Å². The molecule has 2 aromatic rings. The quantitative estimate of drug-likeness (QED) is 0.899. The fourth-order valence-corrected chi connectivity index (χ4v) is 2.68.